The Morgan fingerprint density at radius 3 is 2.85 bits per heavy atom. The number of thiophene rings is 1. The zero-order valence-corrected chi connectivity index (χ0v) is 16.6. The monoisotopic (exact) mass is 399 g/mol. The minimum atomic E-state index is 0. The number of oxazole rings is 1. The summed E-state index contributed by atoms with van der Waals surface area (Å²) in [7, 11) is 0. The molecule has 1 atom stereocenters. The molecular weight excluding hydrogens is 378 g/mol. The molecule has 6 heteroatoms. The highest BCUT2D eigenvalue weighted by molar-refractivity contribution is 7.09. The van der Waals surface area contributed by atoms with E-state index in [0.717, 1.165) is 29.3 Å². The molecule has 0 aliphatic carbocycles. The number of aromatic nitrogens is 2. The van der Waals surface area contributed by atoms with Crippen LogP contribution in [0.3, 0.4) is 0 Å². The van der Waals surface area contributed by atoms with Crippen molar-refractivity contribution in [3.63, 3.8) is 0 Å². The van der Waals surface area contributed by atoms with Crippen LogP contribution in [0.1, 0.15) is 35.1 Å². The fourth-order valence-electron chi connectivity index (χ4n) is 4.93. The number of hydrogen-bond donors (Lipinski definition) is 1. The van der Waals surface area contributed by atoms with Gasteiger partial charge in [0.05, 0.1) is 6.42 Å². The van der Waals surface area contributed by atoms with E-state index in [-0.39, 0.29) is 12.4 Å². The van der Waals surface area contributed by atoms with Crippen LogP contribution in [-0.2, 0) is 6.42 Å². The van der Waals surface area contributed by atoms with Crippen LogP contribution in [0.25, 0.3) is 22.0 Å². The van der Waals surface area contributed by atoms with Gasteiger partial charge in [0.25, 0.3) is 0 Å². The normalized spacial score (nSPS) is 24.5. The maximum atomic E-state index is 6.09. The number of hydrogen-bond acceptors (Lipinski definition) is 4. The van der Waals surface area contributed by atoms with Gasteiger partial charge in [-0.15, -0.1) is 23.7 Å². The molecule has 3 aromatic heterocycles. The van der Waals surface area contributed by atoms with Crippen LogP contribution < -0.4 is 0 Å². The van der Waals surface area contributed by atoms with Gasteiger partial charge in [0.15, 0.2) is 5.58 Å². The zero-order valence-electron chi connectivity index (χ0n) is 15.0. The number of aromatic amines is 1. The first kappa shape index (κ1) is 17.3. The predicted octanol–water partition coefficient (Wildman–Crippen LogP) is 5.19. The Bertz CT molecular complexity index is 1080. The molecule has 3 aliphatic rings. The molecule has 4 aromatic rings. The Kier molecular flexibility index (Phi) is 4.26. The van der Waals surface area contributed by atoms with E-state index in [1.165, 1.54) is 53.8 Å². The first-order chi connectivity index (χ1) is 12.8. The van der Waals surface area contributed by atoms with Crippen molar-refractivity contribution < 1.29 is 4.42 Å². The summed E-state index contributed by atoms with van der Waals surface area (Å²) in [5.41, 5.74) is 4.56. The van der Waals surface area contributed by atoms with Crippen molar-refractivity contribution in [1.29, 1.82) is 0 Å². The van der Waals surface area contributed by atoms with Crippen molar-refractivity contribution in [2.45, 2.75) is 25.2 Å². The fraction of sp³-hybridized carbons (Fsp3) is 0.381. The van der Waals surface area contributed by atoms with E-state index in [2.05, 4.69) is 45.7 Å². The van der Waals surface area contributed by atoms with Crippen LogP contribution in [0.4, 0.5) is 0 Å². The largest absolute Gasteiger partial charge is 0.440 e. The quantitative estimate of drug-likeness (QED) is 0.515. The molecule has 2 bridgehead atoms. The number of piperidine rings is 3. The molecule has 1 N–H and O–H groups in total. The maximum Gasteiger partial charge on any atom is 0.200 e. The highest BCUT2D eigenvalue weighted by atomic mass is 35.5. The minimum Gasteiger partial charge on any atom is -0.440 e. The van der Waals surface area contributed by atoms with Crippen LogP contribution in [0, 0.1) is 5.92 Å². The van der Waals surface area contributed by atoms with E-state index in [0.29, 0.717) is 5.92 Å². The summed E-state index contributed by atoms with van der Waals surface area (Å²) in [4.78, 5) is 12.3. The van der Waals surface area contributed by atoms with Crippen LogP contribution in [0.2, 0.25) is 0 Å². The van der Waals surface area contributed by atoms with Gasteiger partial charge in [-0.3, -0.25) is 0 Å². The van der Waals surface area contributed by atoms with E-state index in [1.54, 1.807) is 11.3 Å². The average Bonchev–Trinajstić information content (AvgIpc) is 3.41. The van der Waals surface area contributed by atoms with Gasteiger partial charge in [-0.2, -0.15) is 0 Å². The molecule has 0 spiro atoms. The SMILES string of the molecule is Cl.c1csc(Cc2nc3c(ccc4[nH]cc(C5CN6CCC5CC6)c43)o2)c1. The predicted molar refractivity (Wildman–Crippen MR) is 112 cm³/mol. The molecule has 7 rings (SSSR count). The summed E-state index contributed by atoms with van der Waals surface area (Å²) >= 11 is 1.76. The molecule has 1 unspecified atom stereocenters. The highest BCUT2D eigenvalue weighted by Gasteiger charge is 2.36. The lowest BCUT2D eigenvalue weighted by Crippen LogP contribution is -2.46. The van der Waals surface area contributed by atoms with E-state index in [1.807, 2.05) is 0 Å². The van der Waals surface area contributed by atoms with Crippen molar-refractivity contribution in [3.8, 4) is 0 Å². The molecule has 3 aliphatic heterocycles. The Labute approximate surface area is 168 Å². The summed E-state index contributed by atoms with van der Waals surface area (Å²) in [5, 5.41) is 3.39. The molecule has 3 fully saturated rings. The molecule has 0 amide bonds. The van der Waals surface area contributed by atoms with Crippen LogP contribution in [-0.4, -0.2) is 34.5 Å². The Hall–Kier alpha value is -1.82. The smallest absolute Gasteiger partial charge is 0.200 e. The Morgan fingerprint density at radius 2 is 2.11 bits per heavy atom. The molecule has 3 saturated heterocycles. The lowest BCUT2D eigenvalue weighted by atomic mass is 9.75. The van der Waals surface area contributed by atoms with Gasteiger partial charge in [-0.05, 0) is 61.0 Å². The zero-order chi connectivity index (χ0) is 17.1. The van der Waals surface area contributed by atoms with Crippen molar-refractivity contribution in [1.82, 2.24) is 14.9 Å². The molecule has 140 valence electrons. The summed E-state index contributed by atoms with van der Waals surface area (Å²) in [6.45, 7) is 3.73. The van der Waals surface area contributed by atoms with E-state index in [4.69, 9.17) is 9.40 Å². The molecule has 6 heterocycles. The van der Waals surface area contributed by atoms with Crippen molar-refractivity contribution in [3.05, 3.63) is 52.2 Å². The van der Waals surface area contributed by atoms with Gasteiger partial charge in [0, 0.05) is 34.4 Å². The second-order valence-electron chi connectivity index (χ2n) is 7.69. The summed E-state index contributed by atoms with van der Waals surface area (Å²) < 4.78 is 6.09. The lowest BCUT2D eigenvalue weighted by molar-refractivity contribution is 0.0877. The maximum absolute atomic E-state index is 6.09. The van der Waals surface area contributed by atoms with Crippen molar-refractivity contribution in [2.75, 3.05) is 19.6 Å². The number of fused-ring (bicyclic) bond motifs is 6. The third-order valence-electron chi connectivity index (χ3n) is 6.24. The third kappa shape index (κ3) is 2.80. The van der Waals surface area contributed by atoms with Crippen LogP contribution >= 0.6 is 23.7 Å². The van der Waals surface area contributed by atoms with Crippen molar-refractivity contribution >= 4 is 45.7 Å². The molecule has 1 aromatic carbocycles. The summed E-state index contributed by atoms with van der Waals surface area (Å²) in [6, 6.07) is 8.42. The molecule has 0 saturated carbocycles. The van der Waals surface area contributed by atoms with Crippen molar-refractivity contribution in [2.24, 2.45) is 5.92 Å². The van der Waals surface area contributed by atoms with Crippen LogP contribution in [0.15, 0.2) is 40.3 Å². The standard InChI is InChI=1S/C21H21N3OS.ClH/c1-2-14(26-9-1)10-19-23-21-18(25-19)4-3-17-20(21)15(11-22-17)16-12-24-7-5-13(16)6-8-24;/h1-4,9,11,13,16,22H,5-8,10,12H2;1H. The molecule has 0 radical (unpaired) electrons. The first-order valence-corrected chi connectivity index (χ1v) is 10.4. The second-order valence-corrected chi connectivity index (χ2v) is 8.72. The number of nitrogens with zero attached hydrogens (tertiary/aromatic N) is 2. The van der Waals surface area contributed by atoms with E-state index >= 15 is 0 Å². The van der Waals surface area contributed by atoms with Gasteiger partial charge in [0.2, 0.25) is 5.89 Å². The number of halogens is 1. The Morgan fingerprint density at radius 1 is 1.22 bits per heavy atom. The number of nitrogens with one attached hydrogen (secondary N) is 1. The van der Waals surface area contributed by atoms with Gasteiger partial charge >= 0.3 is 0 Å². The Balaban J connectivity index is 0.00000160. The minimum absolute atomic E-state index is 0. The molecular formula is C21H22ClN3OS. The summed E-state index contributed by atoms with van der Waals surface area (Å²) in [6.07, 6.45) is 5.66. The first-order valence-electron chi connectivity index (χ1n) is 9.49. The second kappa shape index (κ2) is 6.66. The summed E-state index contributed by atoms with van der Waals surface area (Å²) in [5.74, 6) is 2.25. The average molecular weight is 400 g/mol. The number of rotatable bonds is 3. The van der Waals surface area contributed by atoms with Gasteiger partial charge < -0.3 is 14.3 Å². The lowest BCUT2D eigenvalue weighted by Gasteiger charge is -2.44. The third-order valence-corrected chi connectivity index (χ3v) is 7.11. The molecule has 4 nitrogen and oxygen atoms in total. The van der Waals surface area contributed by atoms with Gasteiger partial charge in [-0.25, -0.2) is 4.98 Å². The fourth-order valence-corrected chi connectivity index (χ4v) is 5.62. The van der Waals surface area contributed by atoms with E-state index in [9.17, 15) is 0 Å². The molecule has 27 heavy (non-hydrogen) atoms. The highest BCUT2D eigenvalue weighted by Crippen LogP contribution is 2.42. The van der Waals surface area contributed by atoms with Gasteiger partial charge in [0.1, 0.15) is 5.52 Å². The van der Waals surface area contributed by atoms with Crippen LogP contribution in [0.5, 0.6) is 0 Å². The van der Waals surface area contributed by atoms with Gasteiger partial charge in [-0.1, -0.05) is 6.07 Å². The number of benzene rings is 1. The number of H-pyrrole nitrogens is 1. The van der Waals surface area contributed by atoms with E-state index < -0.39 is 0 Å². The topological polar surface area (TPSA) is 45.1 Å².